The smallest absolute Gasteiger partial charge is 0.310 e. The summed E-state index contributed by atoms with van der Waals surface area (Å²) in [7, 11) is -3.69. The number of para-hydroxylation sites is 1. The number of sulfone groups is 1. The molecular formula is C11H16N2O5S. The van der Waals surface area contributed by atoms with Crippen molar-refractivity contribution >= 4 is 21.2 Å². The van der Waals surface area contributed by atoms with Crippen LogP contribution in [-0.4, -0.2) is 37.4 Å². The molecule has 19 heavy (non-hydrogen) atoms. The summed E-state index contributed by atoms with van der Waals surface area (Å²) in [6.45, 7) is 1.89. The molecule has 0 amide bonds. The fourth-order valence-corrected chi connectivity index (χ4v) is 2.39. The Labute approximate surface area is 111 Å². The Hall–Kier alpha value is -1.67. The van der Waals surface area contributed by atoms with Crippen molar-refractivity contribution in [2.24, 2.45) is 0 Å². The van der Waals surface area contributed by atoms with Gasteiger partial charge >= 0.3 is 5.69 Å². The Balaban J connectivity index is 3.22. The van der Waals surface area contributed by atoms with Gasteiger partial charge in [-0.15, -0.1) is 0 Å². The number of aliphatic hydroxyl groups is 1. The number of anilines is 1. The largest absolute Gasteiger partial charge is 0.391 e. The number of nitrogens with zero attached hydrogens (tertiary/aromatic N) is 1. The Morgan fingerprint density at radius 2 is 2.11 bits per heavy atom. The van der Waals surface area contributed by atoms with Crippen LogP contribution >= 0.6 is 0 Å². The number of rotatable bonds is 6. The minimum atomic E-state index is -3.69. The van der Waals surface area contributed by atoms with E-state index >= 15 is 0 Å². The van der Waals surface area contributed by atoms with Crippen LogP contribution in [0.2, 0.25) is 0 Å². The molecule has 0 saturated heterocycles. The predicted octanol–water partition coefficient (Wildman–Crippen LogP) is 1.18. The van der Waals surface area contributed by atoms with Gasteiger partial charge in [0.25, 0.3) is 0 Å². The van der Waals surface area contributed by atoms with E-state index in [-0.39, 0.29) is 17.1 Å². The zero-order chi connectivity index (χ0) is 14.6. The second-order valence-corrected chi connectivity index (χ2v) is 6.11. The molecule has 0 bridgehead atoms. The van der Waals surface area contributed by atoms with Crippen molar-refractivity contribution in [1.29, 1.82) is 0 Å². The Morgan fingerprint density at radius 1 is 1.47 bits per heavy atom. The summed E-state index contributed by atoms with van der Waals surface area (Å²) in [4.78, 5) is 9.96. The number of nitro groups is 1. The van der Waals surface area contributed by atoms with Gasteiger partial charge in [-0.25, -0.2) is 8.42 Å². The van der Waals surface area contributed by atoms with E-state index < -0.39 is 26.6 Å². The number of aliphatic hydroxyl groups excluding tert-OH is 1. The number of nitrogens with one attached hydrogen (secondary N) is 1. The molecule has 0 aliphatic carbocycles. The predicted molar refractivity (Wildman–Crippen MR) is 71.0 cm³/mol. The van der Waals surface area contributed by atoms with Crippen molar-refractivity contribution < 1.29 is 18.4 Å². The molecule has 8 heteroatoms. The SMILES string of the molecule is CCC(O)CNc1cccc(S(C)(=O)=O)c1[N+](=O)[O-]. The van der Waals surface area contributed by atoms with Gasteiger partial charge in [-0.3, -0.25) is 10.1 Å². The van der Waals surface area contributed by atoms with E-state index in [1.165, 1.54) is 18.2 Å². The fourth-order valence-electron chi connectivity index (χ4n) is 1.52. The Morgan fingerprint density at radius 3 is 2.58 bits per heavy atom. The summed E-state index contributed by atoms with van der Waals surface area (Å²) in [5, 5.41) is 23.2. The highest BCUT2D eigenvalue weighted by Gasteiger charge is 2.26. The molecule has 0 aliphatic heterocycles. The molecule has 0 radical (unpaired) electrons. The van der Waals surface area contributed by atoms with E-state index in [2.05, 4.69) is 5.32 Å². The number of hydrogen-bond acceptors (Lipinski definition) is 6. The van der Waals surface area contributed by atoms with Gasteiger partial charge in [0.05, 0.1) is 11.0 Å². The minimum absolute atomic E-state index is 0.0837. The van der Waals surface area contributed by atoms with Crippen LogP contribution < -0.4 is 5.32 Å². The molecule has 1 unspecified atom stereocenters. The summed E-state index contributed by atoms with van der Waals surface area (Å²) < 4.78 is 23.0. The van der Waals surface area contributed by atoms with Crippen LogP contribution in [0.15, 0.2) is 23.1 Å². The molecule has 0 heterocycles. The molecule has 0 fully saturated rings. The fraction of sp³-hybridized carbons (Fsp3) is 0.455. The molecule has 7 nitrogen and oxygen atoms in total. The molecule has 1 atom stereocenters. The monoisotopic (exact) mass is 288 g/mol. The van der Waals surface area contributed by atoms with Gasteiger partial charge < -0.3 is 10.4 Å². The third kappa shape index (κ3) is 3.90. The molecule has 0 aromatic heterocycles. The molecule has 1 aromatic carbocycles. The van der Waals surface area contributed by atoms with E-state index in [9.17, 15) is 23.6 Å². The molecule has 1 rings (SSSR count). The Kier molecular flexibility index (Phi) is 4.84. The van der Waals surface area contributed by atoms with E-state index in [0.717, 1.165) is 6.26 Å². The van der Waals surface area contributed by atoms with Gasteiger partial charge in [0.15, 0.2) is 9.84 Å². The average Bonchev–Trinajstić information content (AvgIpc) is 2.34. The molecule has 1 aromatic rings. The summed E-state index contributed by atoms with van der Waals surface area (Å²) in [5.41, 5.74) is -0.409. The molecule has 2 N–H and O–H groups in total. The molecule has 0 spiro atoms. The lowest BCUT2D eigenvalue weighted by Gasteiger charge is -2.12. The van der Waals surface area contributed by atoms with Crippen molar-refractivity contribution in [3.05, 3.63) is 28.3 Å². The first-order valence-corrected chi connectivity index (χ1v) is 7.56. The summed E-state index contributed by atoms with van der Waals surface area (Å²) in [5.74, 6) is 0. The lowest BCUT2D eigenvalue weighted by molar-refractivity contribution is -0.386. The van der Waals surface area contributed by atoms with Gasteiger partial charge in [0.1, 0.15) is 10.6 Å². The normalized spacial score (nSPS) is 13.0. The zero-order valence-electron chi connectivity index (χ0n) is 10.7. The Bertz CT molecular complexity index is 570. The number of nitro benzene ring substituents is 1. The highest BCUT2D eigenvalue weighted by molar-refractivity contribution is 7.90. The first-order valence-electron chi connectivity index (χ1n) is 5.66. The summed E-state index contributed by atoms with van der Waals surface area (Å²) >= 11 is 0. The maximum Gasteiger partial charge on any atom is 0.310 e. The van der Waals surface area contributed by atoms with Crippen LogP contribution in [0.4, 0.5) is 11.4 Å². The van der Waals surface area contributed by atoms with Crippen molar-refractivity contribution in [3.63, 3.8) is 0 Å². The summed E-state index contributed by atoms with van der Waals surface area (Å²) in [6.07, 6.45) is 0.758. The third-order valence-electron chi connectivity index (χ3n) is 2.58. The molecular weight excluding hydrogens is 272 g/mol. The molecule has 0 saturated carbocycles. The highest BCUT2D eigenvalue weighted by atomic mass is 32.2. The third-order valence-corrected chi connectivity index (χ3v) is 3.71. The lowest BCUT2D eigenvalue weighted by Crippen LogP contribution is -2.19. The highest BCUT2D eigenvalue weighted by Crippen LogP contribution is 2.31. The van der Waals surface area contributed by atoms with Crippen LogP contribution in [0.5, 0.6) is 0 Å². The van der Waals surface area contributed by atoms with Crippen LogP contribution in [0.1, 0.15) is 13.3 Å². The van der Waals surface area contributed by atoms with E-state index in [1.54, 1.807) is 6.92 Å². The molecule has 0 aliphatic rings. The second-order valence-electron chi connectivity index (χ2n) is 4.12. The van der Waals surface area contributed by atoms with E-state index in [1.807, 2.05) is 0 Å². The average molecular weight is 288 g/mol. The van der Waals surface area contributed by atoms with Crippen LogP contribution in [0, 0.1) is 10.1 Å². The lowest BCUT2D eigenvalue weighted by atomic mass is 10.2. The first-order chi connectivity index (χ1) is 8.77. The van der Waals surface area contributed by atoms with Gasteiger partial charge in [-0.1, -0.05) is 13.0 Å². The maximum absolute atomic E-state index is 11.5. The first kappa shape index (κ1) is 15.4. The second kappa shape index (κ2) is 5.98. The number of benzene rings is 1. The van der Waals surface area contributed by atoms with E-state index in [4.69, 9.17) is 0 Å². The van der Waals surface area contributed by atoms with Crippen molar-refractivity contribution in [2.45, 2.75) is 24.3 Å². The molecule has 106 valence electrons. The topological polar surface area (TPSA) is 110 Å². The van der Waals surface area contributed by atoms with Crippen molar-refractivity contribution in [1.82, 2.24) is 0 Å². The van der Waals surface area contributed by atoms with Crippen LogP contribution in [0.25, 0.3) is 0 Å². The maximum atomic E-state index is 11.5. The number of hydrogen-bond donors (Lipinski definition) is 2. The quantitative estimate of drug-likeness (QED) is 0.601. The van der Waals surface area contributed by atoms with Gasteiger partial charge in [-0.05, 0) is 18.6 Å². The van der Waals surface area contributed by atoms with Gasteiger partial charge in [0, 0.05) is 12.8 Å². The van der Waals surface area contributed by atoms with Gasteiger partial charge in [0.2, 0.25) is 0 Å². The van der Waals surface area contributed by atoms with Crippen molar-refractivity contribution in [2.75, 3.05) is 18.1 Å². The standard InChI is InChI=1S/C11H16N2O5S/c1-3-8(14)7-12-9-5-4-6-10(19(2,17)18)11(9)13(15)16/h4-6,8,12,14H,3,7H2,1-2H3. The van der Waals surface area contributed by atoms with Crippen LogP contribution in [-0.2, 0) is 9.84 Å². The summed E-state index contributed by atoms with van der Waals surface area (Å²) in [6, 6.07) is 4.02. The van der Waals surface area contributed by atoms with E-state index in [0.29, 0.717) is 6.42 Å². The minimum Gasteiger partial charge on any atom is -0.391 e. The van der Waals surface area contributed by atoms with Gasteiger partial charge in [-0.2, -0.15) is 0 Å². The zero-order valence-corrected chi connectivity index (χ0v) is 11.5. The van der Waals surface area contributed by atoms with Crippen LogP contribution in [0.3, 0.4) is 0 Å². The van der Waals surface area contributed by atoms with Crippen molar-refractivity contribution in [3.8, 4) is 0 Å².